The monoisotopic (exact) mass is 493 g/mol. The Hall–Kier alpha value is -2.62. The zero-order chi connectivity index (χ0) is 25.9. The van der Waals surface area contributed by atoms with Crippen molar-refractivity contribution in [2.24, 2.45) is 0 Å². The first-order chi connectivity index (χ1) is 15.9. The van der Waals surface area contributed by atoms with Gasteiger partial charge in [-0.15, -0.1) is 0 Å². The van der Waals surface area contributed by atoms with Crippen molar-refractivity contribution in [1.82, 2.24) is 10.3 Å². The van der Waals surface area contributed by atoms with Gasteiger partial charge >= 0.3 is 12.4 Å². The van der Waals surface area contributed by atoms with E-state index in [0.717, 1.165) is 18.4 Å². The van der Waals surface area contributed by atoms with Gasteiger partial charge in [-0.3, -0.25) is 0 Å². The maximum absolute atomic E-state index is 12.7. The van der Waals surface area contributed by atoms with Crippen LogP contribution in [0.3, 0.4) is 0 Å². The molecular weight excluding hydrogens is 463 g/mol. The van der Waals surface area contributed by atoms with Gasteiger partial charge in [-0.1, -0.05) is 38.6 Å². The molecule has 1 aromatic heterocycles. The summed E-state index contributed by atoms with van der Waals surface area (Å²) in [5.74, 6) is -0.208. The minimum atomic E-state index is -4.93. The number of anilines is 1. The molecule has 0 saturated heterocycles. The first-order valence-electron chi connectivity index (χ1n) is 10.9. The van der Waals surface area contributed by atoms with E-state index in [9.17, 15) is 30.7 Å². The van der Waals surface area contributed by atoms with Crippen LogP contribution in [0.4, 0.5) is 36.4 Å². The van der Waals surface area contributed by atoms with Gasteiger partial charge in [0, 0.05) is 17.8 Å². The molecule has 190 valence electrons. The first kappa shape index (κ1) is 29.4. The van der Waals surface area contributed by atoms with Gasteiger partial charge in [-0.2, -0.15) is 26.3 Å². The number of halogens is 7. The number of rotatable bonds is 4. The lowest BCUT2D eigenvalue weighted by atomic mass is 9.91. The highest BCUT2D eigenvalue weighted by Gasteiger charge is 2.39. The molecule has 1 saturated carbocycles. The number of nitrogens with one attached hydrogen (secondary N) is 2. The highest BCUT2D eigenvalue weighted by Crippen LogP contribution is 2.35. The van der Waals surface area contributed by atoms with Gasteiger partial charge in [0.2, 0.25) is 0 Å². The highest BCUT2D eigenvalue weighted by molar-refractivity contribution is 5.48. The Bertz CT molecular complexity index is 837. The molecular formula is C24H30F7N3. The molecule has 2 N–H and O–H groups in total. The second kappa shape index (κ2) is 13.3. The molecule has 1 aliphatic carbocycles. The number of alkyl halides is 6. The van der Waals surface area contributed by atoms with Crippen LogP contribution < -0.4 is 10.6 Å². The Balaban J connectivity index is 0.000000437. The maximum Gasteiger partial charge on any atom is 0.433 e. The summed E-state index contributed by atoms with van der Waals surface area (Å²) >= 11 is 0. The van der Waals surface area contributed by atoms with Crippen LogP contribution in [0.25, 0.3) is 6.08 Å². The Labute approximate surface area is 195 Å². The third kappa shape index (κ3) is 9.70. The van der Waals surface area contributed by atoms with Crippen LogP contribution in [-0.2, 0) is 12.4 Å². The number of benzene rings is 1. The van der Waals surface area contributed by atoms with Gasteiger partial charge in [-0.05, 0) is 62.6 Å². The molecule has 10 heteroatoms. The van der Waals surface area contributed by atoms with Crippen LogP contribution in [0.2, 0.25) is 0 Å². The molecule has 3 rings (SSSR count). The van der Waals surface area contributed by atoms with E-state index in [-0.39, 0.29) is 17.5 Å². The fourth-order valence-electron chi connectivity index (χ4n) is 3.27. The lowest BCUT2D eigenvalue weighted by Crippen LogP contribution is -2.35. The van der Waals surface area contributed by atoms with Crippen LogP contribution in [0.1, 0.15) is 56.5 Å². The van der Waals surface area contributed by atoms with Gasteiger partial charge in [-0.25, -0.2) is 9.37 Å². The summed E-state index contributed by atoms with van der Waals surface area (Å²) in [6.07, 6.45) is -5.19. The summed E-state index contributed by atoms with van der Waals surface area (Å²) in [7, 11) is 1.83. The Morgan fingerprint density at radius 2 is 1.29 bits per heavy atom. The molecule has 1 aliphatic rings. The number of hydrogen-bond donors (Lipinski definition) is 2. The second-order valence-electron chi connectivity index (χ2n) is 7.36. The van der Waals surface area contributed by atoms with Crippen molar-refractivity contribution in [1.29, 1.82) is 0 Å². The Morgan fingerprint density at radius 3 is 1.68 bits per heavy atom. The van der Waals surface area contributed by atoms with Crippen molar-refractivity contribution in [3.8, 4) is 0 Å². The molecule has 1 heterocycles. The van der Waals surface area contributed by atoms with Crippen molar-refractivity contribution in [3.63, 3.8) is 0 Å². The molecule has 0 aliphatic heterocycles. The summed E-state index contributed by atoms with van der Waals surface area (Å²) < 4.78 is 88.7. The van der Waals surface area contributed by atoms with E-state index in [1.807, 2.05) is 20.9 Å². The van der Waals surface area contributed by atoms with E-state index < -0.39 is 23.7 Å². The molecule has 0 radical (unpaired) electrons. The van der Waals surface area contributed by atoms with E-state index in [4.69, 9.17) is 0 Å². The van der Waals surface area contributed by atoms with E-state index in [1.165, 1.54) is 12.1 Å². The van der Waals surface area contributed by atoms with Gasteiger partial charge in [0.1, 0.15) is 17.2 Å². The number of hydrogen-bond acceptors (Lipinski definition) is 3. The van der Waals surface area contributed by atoms with Crippen molar-refractivity contribution in [2.45, 2.75) is 64.0 Å². The molecule has 0 spiro atoms. The van der Waals surface area contributed by atoms with Crippen molar-refractivity contribution in [2.75, 3.05) is 12.4 Å². The Morgan fingerprint density at radius 1 is 0.853 bits per heavy atom. The van der Waals surface area contributed by atoms with Crippen molar-refractivity contribution in [3.05, 3.63) is 65.7 Å². The van der Waals surface area contributed by atoms with Crippen LogP contribution in [-0.4, -0.2) is 24.1 Å². The lowest BCUT2D eigenvalue weighted by Gasteiger charge is -2.29. The summed E-state index contributed by atoms with van der Waals surface area (Å²) in [6, 6.07) is 7.63. The highest BCUT2D eigenvalue weighted by atomic mass is 19.4. The summed E-state index contributed by atoms with van der Waals surface area (Å²) in [6.45, 7) is 7.54. The topological polar surface area (TPSA) is 37.0 Å². The van der Waals surface area contributed by atoms with E-state index >= 15 is 0 Å². The smallest absolute Gasteiger partial charge is 0.382 e. The van der Waals surface area contributed by atoms with Crippen molar-refractivity contribution >= 4 is 11.8 Å². The van der Waals surface area contributed by atoms with Gasteiger partial charge in [0.15, 0.2) is 0 Å². The number of nitrogens with zero attached hydrogens (tertiary/aromatic N) is 1. The lowest BCUT2D eigenvalue weighted by molar-refractivity contribution is -0.150. The molecule has 34 heavy (non-hydrogen) atoms. The molecule has 0 amide bonds. The summed E-state index contributed by atoms with van der Waals surface area (Å²) in [5.41, 5.74) is -2.35. The Kier molecular flexibility index (Phi) is 11.5. The zero-order valence-electron chi connectivity index (χ0n) is 19.3. The minimum Gasteiger partial charge on any atom is -0.382 e. The second-order valence-corrected chi connectivity index (χ2v) is 7.36. The van der Waals surface area contributed by atoms with Crippen LogP contribution >= 0.6 is 0 Å². The third-order valence-electron chi connectivity index (χ3n) is 5.02. The third-order valence-corrected chi connectivity index (χ3v) is 5.02. The van der Waals surface area contributed by atoms with Gasteiger partial charge in [0.25, 0.3) is 0 Å². The van der Waals surface area contributed by atoms with Crippen LogP contribution in [0.5, 0.6) is 0 Å². The minimum absolute atomic E-state index is 0.149. The molecule has 2 aromatic rings. The van der Waals surface area contributed by atoms with Crippen LogP contribution in [0, 0.1) is 5.82 Å². The first-order valence-corrected chi connectivity index (χ1v) is 10.9. The average molecular weight is 494 g/mol. The standard InChI is InChI=1S/C14H17F6N3.C8H7F.C2H6/c1-21-8-2-4-9(5-3-8)22-10-6-11(13(15,16)17)23-12(7-10)14(18,19)20;1-2-7-3-5-8(9)6-4-7;1-2/h6-9,21H,2-5H2,1H3,(H,22,23);2-6H,1H2;1-2H3. The van der Waals surface area contributed by atoms with Crippen LogP contribution in [0.15, 0.2) is 43.0 Å². The largest absolute Gasteiger partial charge is 0.433 e. The van der Waals surface area contributed by atoms with E-state index in [2.05, 4.69) is 22.2 Å². The molecule has 1 fully saturated rings. The molecule has 0 unspecified atom stereocenters. The number of pyridine rings is 1. The van der Waals surface area contributed by atoms with E-state index in [1.54, 1.807) is 18.2 Å². The maximum atomic E-state index is 12.7. The average Bonchev–Trinajstić information content (AvgIpc) is 2.80. The number of aromatic nitrogens is 1. The van der Waals surface area contributed by atoms with Gasteiger partial charge in [0.05, 0.1) is 0 Å². The zero-order valence-corrected chi connectivity index (χ0v) is 19.3. The fourth-order valence-corrected chi connectivity index (χ4v) is 3.27. The van der Waals surface area contributed by atoms with Gasteiger partial charge < -0.3 is 10.6 Å². The fraction of sp³-hybridized carbons (Fsp3) is 0.458. The SMILES string of the molecule is C=Cc1ccc(F)cc1.CC.CNC1CCC(Nc2cc(C(F)(F)F)nc(C(F)(F)F)c2)CC1. The predicted molar refractivity (Wildman–Crippen MR) is 121 cm³/mol. The van der Waals surface area contributed by atoms with Crippen molar-refractivity contribution < 1.29 is 30.7 Å². The predicted octanol–water partition coefficient (Wildman–Crippen LogP) is 7.56. The molecule has 0 atom stereocenters. The normalized spacial score (nSPS) is 18.1. The molecule has 3 nitrogen and oxygen atoms in total. The molecule has 0 bridgehead atoms. The quantitative estimate of drug-likeness (QED) is 0.432. The van der Waals surface area contributed by atoms with E-state index in [0.29, 0.717) is 31.0 Å². The summed E-state index contributed by atoms with van der Waals surface area (Å²) in [4.78, 5) is 2.69. The summed E-state index contributed by atoms with van der Waals surface area (Å²) in [5, 5.41) is 5.89. The molecule has 1 aromatic carbocycles.